The van der Waals surface area contributed by atoms with Gasteiger partial charge in [0.05, 0.1) is 38.7 Å². The molecule has 5 rings (SSSR count). The lowest BCUT2D eigenvalue weighted by molar-refractivity contribution is -0.136. The van der Waals surface area contributed by atoms with Crippen LogP contribution in [0.15, 0.2) is 54.9 Å². The highest BCUT2D eigenvalue weighted by atomic mass is 16.5. The summed E-state index contributed by atoms with van der Waals surface area (Å²) in [5, 5.41) is 2.92. The summed E-state index contributed by atoms with van der Waals surface area (Å²) in [5.74, 6) is -0.331. The van der Waals surface area contributed by atoms with Crippen molar-refractivity contribution in [3.8, 4) is 11.5 Å². The molecule has 2 aromatic rings. The van der Waals surface area contributed by atoms with E-state index in [2.05, 4.69) is 10.3 Å². The lowest BCUT2D eigenvalue weighted by atomic mass is 9.77. The van der Waals surface area contributed by atoms with Gasteiger partial charge in [-0.25, -0.2) is 0 Å². The van der Waals surface area contributed by atoms with E-state index in [1.165, 1.54) is 0 Å². The maximum absolute atomic E-state index is 13.3. The highest BCUT2D eigenvalue weighted by molar-refractivity contribution is 5.99. The van der Waals surface area contributed by atoms with Gasteiger partial charge in [-0.1, -0.05) is 12.2 Å². The van der Waals surface area contributed by atoms with Gasteiger partial charge in [0.25, 0.3) is 0 Å². The number of hydrogen-bond acceptors (Lipinski definition) is 6. The molecule has 2 bridgehead atoms. The van der Waals surface area contributed by atoms with Gasteiger partial charge in [0.2, 0.25) is 11.8 Å². The molecule has 8 heteroatoms. The Kier molecular flexibility index (Phi) is 4.66. The Labute approximate surface area is 179 Å². The van der Waals surface area contributed by atoms with E-state index in [4.69, 9.17) is 14.2 Å². The molecule has 2 amide bonds. The first-order valence-corrected chi connectivity index (χ1v) is 10.1. The number of nitrogens with one attached hydrogen (secondary N) is 1. The van der Waals surface area contributed by atoms with Crippen LogP contribution < -0.4 is 14.8 Å². The summed E-state index contributed by atoms with van der Waals surface area (Å²) >= 11 is 0. The Morgan fingerprint density at radius 1 is 1.23 bits per heavy atom. The van der Waals surface area contributed by atoms with Crippen molar-refractivity contribution in [2.75, 3.05) is 26.1 Å². The third-order valence-corrected chi connectivity index (χ3v) is 6.22. The minimum Gasteiger partial charge on any atom is -0.497 e. The number of carbonyl (C=O) groups is 2. The number of nitrogens with zero attached hydrogens (tertiary/aromatic N) is 2. The number of ether oxygens (including phenoxy) is 3. The van der Waals surface area contributed by atoms with Crippen LogP contribution in [0, 0.1) is 11.8 Å². The number of amides is 2. The first-order valence-electron chi connectivity index (χ1n) is 10.1. The second-order valence-corrected chi connectivity index (χ2v) is 8.04. The number of anilines is 1. The first kappa shape index (κ1) is 19.6. The predicted molar refractivity (Wildman–Crippen MR) is 112 cm³/mol. The van der Waals surface area contributed by atoms with E-state index >= 15 is 0 Å². The van der Waals surface area contributed by atoms with Crippen LogP contribution in [0.25, 0.3) is 0 Å². The normalized spacial score (nSPS) is 28.0. The first-order chi connectivity index (χ1) is 15.0. The van der Waals surface area contributed by atoms with Gasteiger partial charge < -0.3 is 24.4 Å². The highest BCUT2D eigenvalue weighted by Gasteiger charge is 2.66. The van der Waals surface area contributed by atoms with Crippen LogP contribution in [0.1, 0.15) is 5.56 Å². The van der Waals surface area contributed by atoms with Gasteiger partial charge in [-0.05, 0) is 17.7 Å². The van der Waals surface area contributed by atoms with Crippen molar-refractivity contribution in [2.45, 2.75) is 18.2 Å². The SMILES string of the molecule is COc1cc(NC(=O)[C@@H]2[C@@H]3C=C[C@@]4(CN(Cc5ccncc5)C(=O)[C@H]24)O3)cc(OC)c1. The zero-order valence-electron chi connectivity index (χ0n) is 17.3. The smallest absolute Gasteiger partial charge is 0.231 e. The third-order valence-electron chi connectivity index (χ3n) is 6.22. The number of methoxy groups -OCH3 is 2. The van der Waals surface area contributed by atoms with Gasteiger partial charge in [0, 0.05) is 42.8 Å². The molecule has 0 unspecified atom stereocenters. The number of aromatic nitrogens is 1. The Morgan fingerprint density at radius 3 is 2.61 bits per heavy atom. The lowest BCUT2D eigenvalue weighted by Crippen LogP contribution is -2.41. The van der Waals surface area contributed by atoms with E-state index in [0.29, 0.717) is 30.3 Å². The van der Waals surface area contributed by atoms with Gasteiger partial charge in [0.15, 0.2) is 0 Å². The van der Waals surface area contributed by atoms with Gasteiger partial charge >= 0.3 is 0 Å². The average molecular weight is 421 g/mol. The summed E-state index contributed by atoms with van der Waals surface area (Å²) < 4.78 is 16.7. The molecular formula is C23H23N3O5. The second kappa shape index (κ2) is 7.39. The zero-order chi connectivity index (χ0) is 21.6. The highest BCUT2D eigenvalue weighted by Crippen LogP contribution is 2.52. The summed E-state index contributed by atoms with van der Waals surface area (Å²) in [6, 6.07) is 8.92. The van der Waals surface area contributed by atoms with Crippen molar-refractivity contribution in [3.63, 3.8) is 0 Å². The molecule has 2 saturated heterocycles. The van der Waals surface area contributed by atoms with Gasteiger partial charge in [0.1, 0.15) is 17.1 Å². The van der Waals surface area contributed by atoms with Gasteiger partial charge in [-0.3, -0.25) is 14.6 Å². The van der Waals surface area contributed by atoms with Crippen LogP contribution in [0.4, 0.5) is 5.69 Å². The Morgan fingerprint density at radius 2 is 1.94 bits per heavy atom. The Balaban J connectivity index is 1.38. The van der Waals surface area contributed by atoms with E-state index in [-0.39, 0.29) is 11.8 Å². The summed E-state index contributed by atoms with van der Waals surface area (Å²) in [5.41, 5.74) is 0.784. The Bertz CT molecular complexity index is 1030. The minimum absolute atomic E-state index is 0.0629. The molecule has 0 saturated carbocycles. The molecular weight excluding hydrogens is 398 g/mol. The predicted octanol–water partition coefficient (Wildman–Crippen LogP) is 2.02. The maximum Gasteiger partial charge on any atom is 0.231 e. The van der Waals surface area contributed by atoms with Crippen LogP contribution in [0.5, 0.6) is 11.5 Å². The summed E-state index contributed by atoms with van der Waals surface area (Å²) in [6.45, 7) is 0.894. The number of pyridine rings is 1. The van der Waals surface area contributed by atoms with E-state index in [1.54, 1.807) is 49.7 Å². The molecule has 4 heterocycles. The minimum atomic E-state index is -0.747. The van der Waals surface area contributed by atoms with Crippen molar-refractivity contribution in [1.29, 1.82) is 0 Å². The monoisotopic (exact) mass is 421 g/mol. The van der Waals surface area contributed by atoms with E-state index in [9.17, 15) is 9.59 Å². The maximum atomic E-state index is 13.3. The van der Waals surface area contributed by atoms with Gasteiger partial charge in [-0.15, -0.1) is 0 Å². The third kappa shape index (κ3) is 3.23. The number of likely N-dealkylation sites (tertiary alicyclic amines) is 1. The van der Waals surface area contributed by atoms with Crippen molar-refractivity contribution in [2.24, 2.45) is 11.8 Å². The number of rotatable bonds is 6. The molecule has 4 atom stereocenters. The molecule has 1 aromatic carbocycles. The lowest BCUT2D eigenvalue weighted by Gasteiger charge is -2.23. The molecule has 0 aliphatic carbocycles. The van der Waals surface area contributed by atoms with Gasteiger partial charge in [-0.2, -0.15) is 0 Å². The number of carbonyl (C=O) groups excluding carboxylic acids is 2. The molecule has 3 aliphatic heterocycles. The van der Waals surface area contributed by atoms with Crippen LogP contribution >= 0.6 is 0 Å². The standard InChI is InChI=1S/C23H23N3O5/c1-29-16-9-15(10-17(11-16)30-2)25-21(27)19-18-3-6-23(31-18)13-26(22(28)20(19)23)12-14-4-7-24-8-5-14/h3-11,18-20H,12-13H2,1-2H3,(H,25,27)/t18-,19+,20-,23-/m0/s1. The number of benzene rings is 1. The van der Waals surface area contributed by atoms with Crippen LogP contribution in [-0.4, -0.2) is 54.2 Å². The molecule has 1 aromatic heterocycles. The summed E-state index contributed by atoms with van der Waals surface area (Å²) in [6.07, 6.45) is 6.84. The molecule has 31 heavy (non-hydrogen) atoms. The zero-order valence-corrected chi connectivity index (χ0v) is 17.3. The number of fused-ring (bicyclic) bond motifs is 1. The molecule has 1 N–H and O–H groups in total. The summed E-state index contributed by atoms with van der Waals surface area (Å²) in [4.78, 5) is 32.4. The second-order valence-electron chi connectivity index (χ2n) is 8.04. The molecule has 0 radical (unpaired) electrons. The molecule has 160 valence electrons. The Hall–Kier alpha value is -3.39. The van der Waals surface area contributed by atoms with Crippen LogP contribution in [0.2, 0.25) is 0 Å². The van der Waals surface area contributed by atoms with Crippen molar-refractivity contribution < 1.29 is 23.8 Å². The van der Waals surface area contributed by atoms with Crippen molar-refractivity contribution in [1.82, 2.24) is 9.88 Å². The van der Waals surface area contributed by atoms with Crippen LogP contribution in [0.3, 0.4) is 0 Å². The van der Waals surface area contributed by atoms with E-state index < -0.39 is 23.5 Å². The van der Waals surface area contributed by atoms with E-state index in [0.717, 1.165) is 5.56 Å². The molecule has 3 aliphatic rings. The topological polar surface area (TPSA) is 90.0 Å². The quantitative estimate of drug-likeness (QED) is 0.718. The fourth-order valence-corrected chi connectivity index (χ4v) is 4.83. The van der Waals surface area contributed by atoms with Crippen molar-refractivity contribution in [3.05, 3.63) is 60.4 Å². The number of hydrogen-bond donors (Lipinski definition) is 1. The average Bonchev–Trinajstić information content (AvgIpc) is 3.42. The molecule has 1 spiro atoms. The fourth-order valence-electron chi connectivity index (χ4n) is 4.83. The summed E-state index contributed by atoms with van der Waals surface area (Å²) in [7, 11) is 3.10. The fraction of sp³-hybridized carbons (Fsp3) is 0.348. The largest absolute Gasteiger partial charge is 0.497 e. The van der Waals surface area contributed by atoms with Crippen LogP contribution in [-0.2, 0) is 20.9 Å². The molecule has 2 fully saturated rings. The van der Waals surface area contributed by atoms with Crippen molar-refractivity contribution >= 4 is 17.5 Å². The van der Waals surface area contributed by atoms with E-state index in [1.807, 2.05) is 24.3 Å². The molecule has 8 nitrogen and oxygen atoms in total.